The van der Waals surface area contributed by atoms with Crippen LogP contribution in [0, 0.1) is 41.5 Å². The van der Waals surface area contributed by atoms with Gasteiger partial charge in [0.2, 0.25) is 0 Å². The molecule has 0 unspecified atom stereocenters. The molecule has 0 aromatic heterocycles. The summed E-state index contributed by atoms with van der Waals surface area (Å²) >= 11 is 0. The maximum absolute atomic E-state index is 3.72. The van der Waals surface area contributed by atoms with Gasteiger partial charge in [-0.3, -0.25) is 0 Å². The number of hydrogen-bond donors (Lipinski definition) is 0. The van der Waals surface area contributed by atoms with E-state index in [9.17, 15) is 0 Å². The maximum Gasteiger partial charge on any atom is 4.00 e. The van der Waals surface area contributed by atoms with Crippen molar-refractivity contribution in [3.8, 4) is 0 Å². The second-order valence-corrected chi connectivity index (χ2v) is 4.61. The van der Waals surface area contributed by atoms with E-state index in [4.69, 9.17) is 0 Å². The molecule has 2 aromatic carbocycles. The molecule has 0 radical (unpaired) electrons. The van der Waals surface area contributed by atoms with Crippen LogP contribution in [0.1, 0.15) is 33.4 Å². The zero-order valence-corrected chi connectivity index (χ0v) is 15.9. The van der Waals surface area contributed by atoms with Crippen molar-refractivity contribution >= 4 is 0 Å². The van der Waals surface area contributed by atoms with E-state index in [1.54, 1.807) is 0 Å². The molecule has 0 aliphatic heterocycles. The average molecular weight is 345 g/mol. The molecule has 0 amide bonds. The Morgan fingerprint density at radius 3 is 1.30 bits per heavy atom. The third kappa shape index (κ3) is 6.46. The molecule has 0 fully saturated rings. The largest absolute Gasteiger partial charge is 4.00 e. The molecular formula is C17H22Cl2Ti. The van der Waals surface area contributed by atoms with Gasteiger partial charge in [-0.05, 0) is 0 Å². The van der Waals surface area contributed by atoms with E-state index in [0.29, 0.717) is 0 Å². The summed E-state index contributed by atoms with van der Waals surface area (Å²) in [5.41, 5.74) is 8.41. The van der Waals surface area contributed by atoms with Gasteiger partial charge >= 0.3 is 21.7 Å². The van der Waals surface area contributed by atoms with Gasteiger partial charge in [-0.15, -0.1) is 12.1 Å². The van der Waals surface area contributed by atoms with E-state index in [1.165, 1.54) is 27.8 Å². The van der Waals surface area contributed by atoms with Crippen LogP contribution in [0.2, 0.25) is 0 Å². The number of hydrogen-bond acceptors (Lipinski definition) is 0. The van der Waals surface area contributed by atoms with Gasteiger partial charge in [0.05, 0.1) is 0 Å². The zero-order chi connectivity index (χ0) is 13.0. The molecule has 0 heterocycles. The van der Waals surface area contributed by atoms with Crippen molar-refractivity contribution in [1.29, 1.82) is 0 Å². The molecule has 0 bridgehead atoms. The van der Waals surface area contributed by atoms with Gasteiger partial charge in [0, 0.05) is 0 Å². The van der Waals surface area contributed by atoms with E-state index in [1.807, 2.05) is 30.3 Å². The van der Waals surface area contributed by atoms with Gasteiger partial charge in [0.15, 0.2) is 0 Å². The summed E-state index contributed by atoms with van der Waals surface area (Å²) in [6.45, 7) is 14.7. The summed E-state index contributed by atoms with van der Waals surface area (Å²) in [5.74, 6) is 0. The van der Waals surface area contributed by atoms with E-state index in [-0.39, 0.29) is 46.5 Å². The first kappa shape index (κ1) is 24.7. The van der Waals surface area contributed by atoms with Crippen LogP contribution in [0.3, 0.4) is 0 Å². The third-order valence-electron chi connectivity index (χ3n) is 3.66. The Kier molecular flexibility index (Phi) is 14.1. The van der Waals surface area contributed by atoms with Gasteiger partial charge < -0.3 is 24.8 Å². The summed E-state index contributed by atoms with van der Waals surface area (Å²) < 4.78 is 0. The smallest absolute Gasteiger partial charge is 1.00 e. The minimum atomic E-state index is 0. The summed E-state index contributed by atoms with van der Waals surface area (Å²) in [6, 6.07) is 9.87. The van der Waals surface area contributed by atoms with Crippen LogP contribution in [0.25, 0.3) is 0 Å². The molecule has 0 aliphatic rings. The fraction of sp³-hybridized carbons (Fsp3) is 0.294. The van der Waals surface area contributed by atoms with Crippen molar-refractivity contribution < 1.29 is 46.5 Å². The van der Waals surface area contributed by atoms with Crippen LogP contribution in [0.15, 0.2) is 30.3 Å². The predicted molar refractivity (Wildman–Crippen MR) is 76.6 cm³/mol. The average Bonchev–Trinajstić information content (AvgIpc) is 2.49. The zero-order valence-electron chi connectivity index (χ0n) is 12.8. The normalized spacial score (nSPS) is 8.25. The SMILES string of the molecule is Cc1c(C)c(C)[c-](C)c1C.[CH2-]c1ccccc1.[Cl-].[Cl-].[Ti+4]. The van der Waals surface area contributed by atoms with Gasteiger partial charge in [-0.2, -0.15) is 52.4 Å². The molecular weight excluding hydrogens is 323 g/mol. The van der Waals surface area contributed by atoms with Crippen molar-refractivity contribution in [3.63, 3.8) is 0 Å². The van der Waals surface area contributed by atoms with Crippen LogP contribution < -0.4 is 24.8 Å². The van der Waals surface area contributed by atoms with Gasteiger partial charge in [0.1, 0.15) is 0 Å². The van der Waals surface area contributed by atoms with Crippen molar-refractivity contribution in [2.75, 3.05) is 0 Å². The molecule has 0 spiro atoms. The predicted octanol–water partition coefficient (Wildman–Crippen LogP) is -1.18. The topological polar surface area (TPSA) is 0 Å². The molecule has 0 aliphatic carbocycles. The molecule has 108 valence electrons. The third-order valence-corrected chi connectivity index (χ3v) is 3.66. The van der Waals surface area contributed by atoms with E-state index >= 15 is 0 Å². The van der Waals surface area contributed by atoms with Crippen LogP contribution in [0.5, 0.6) is 0 Å². The van der Waals surface area contributed by atoms with Crippen LogP contribution in [-0.4, -0.2) is 0 Å². The van der Waals surface area contributed by atoms with Crippen LogP contribution >= 0.6 is 0 Å². The Bertz CT molecular complexity index is 407. The van der Waals surface area contributed by atoms with Crippen molar-refractivity contribution in [3.05, 3.63) is 70.6 Å². The molecule has 2 rings (SSSR count). The summed E-state index contributed by atoms with van der Waals surface area (Å²) in [6.07, 6.45) is 0. The second-order valence-electron chi connectivity index (χ2n) is 4.61. The first-order valence-corrected chi connectivity index (χ1v) is 6.01. The standard InChI is InChI=1S/C10H15.C7H7.2ClH.Ti/c1-6-7(2)9(4)10(5)8(6)3;1-7-5-3-2-4-6-7;;;/h1-5H3;2-6H,1H2;2*1H;/q2*-1;;;+4/p-2. The molecule has 0 N–H and O–H groups in total. The van der Waals surface area contributed by atoms with E-state index in [2.05, 4.69) is 41.5 Å². The first-order valence-electron chi connectivity index (χ1n) is 6.01. The Hall–Kier alpha value is -0.266. The van der Waals surface area contributed by atoms with E-state index in [0.717, 1.165) is 5.56 Å². The van der Waals surface area contributed by atoms with Gasteiger partial charge in [0.25, 0.3) is 0 Å². The first-order chi connectivity index (χ1) is 7.95. The monoisotopic (exact) mass is 344 g/mol. The molecule has 3 heteroatoms. The Balaban J connectivity index is -0.000000262. The number of rotatable bonds is 0. The molecule has 0 saturated heterocycles. The number of halogens is 2. The summed E-state index contributed by atoms with van der Waals surface area (Å²) in [5, 5.41) is 0. The van der Waals surface area contributed by atoms with Crippen LogP contribution in [-0.2, 0) is 21.7 Å². The second kappa shape index (κ2) is 11.4. The minimum Gasteiger partial charge on any atom is -1.00 e. The van der Waals surface area contributed by atoms with Crippen molar-refractivity contribution in [2.45, 2.75) is 34.6 Å². The Morgan fingerprint density at radius 2 is 1.15 bits per heavy atom. The van der Waals surface area contributed by atoms with Crippen LogP contribution in [0.4, 0.5) is 0 Å². The maximum atomic E-state index is 3.72. The van der Waals surface area contributed by atoms with E-state index < -0.39 is 0 Å². The van der Waals surface area contributed by atoms with Crippen molar-refractivity contribution in [1.82, 2.24) is 0 Å². The molecule has 2 aromatic rings. The summed E-state index contributed by atoms with van der Waals surface area (Å²) in [4.78, 5) is 0. The Morgan fingerprint density at radius 1 is 0.800 bits per heavy atom. The molecule has 0 nitrogen and oxygen atoms in total. The Labute approximate surface area is 151 Å². The van der Waals surface area contributed by atoms with Crippen molar-refractivity contribution in [2.24, 2.45) is 0 Å². The quantitative estimate of drug-likeness (QED) is 0.417. The fourth-order valence-electron chi connectivity index (χ4n) is 1.88. The fourth-order valence-corrected chi connectivity index (χ4v) is 1.88. The molecule has 0 saturated carbocycles. The summed E-state index contributed by atoms with van der Waals surface area (Å²) in [7, 11) is 0. The minimum absolute atomic E-state index is 0. The number of benzene rings is 1. The van der Waals surface area contributed by atoms with Gasteiger partial charge in [-0.25, -0.2) is 0 Å². The van der Waals surface area contributed by atoms with Gasteiger partial charge in [-0.1, -0.05) is 40.7 Å². The molecule has 20 heavy (non-hydrogen) atoms. The molecule has 0 atom stereocenters.